The molecule has 0 aliphatic carbocycles. The van der Waals surface area contributed by atoms with Crippen molar-refractivity contribution >= 4 is 17.0 Å². The van der Waals surface area contributed by atoms with Crippen LogP contribution in [-0.2, 0) is 17.1 Å². The van der Waals surface area contributed by atoms with Gasteiger partial charge in [0.1, 0.15) is 0 Å². The molecular weight excluding hydrogens is 231 g/mol. The van der Waals surface area contributed by atoms with Crippen LogP contribution in [0.1, 0.15) is 0 Å². The molecule has 0 spiro atoms. The minimum atomic E-state index is 0. The van der Waals surface area contributed by atoms with Crippen LogP contribution in [0.4, 0.5) is 0 Å². The van der Waals surface area contributed by atoms with Crippen molar-refractivity contribution in [3.05, 3.63) is 0 Å². The SMILES string of the molecule is Br.O.O.O.O.O.O.[Mn]. The number of hydrogen-bond donors (Lipinski definition) is 0. The second-order valence-corrected chi connectivity index (χ2v) is 0. The molecule has 0 aromatic heterocycles. The molecule has 0 aliphatic heterocycles. The van der Waals surface area contributed by atoms with Crippen molar-refractivity contribution in [3.8, 4) is 0 Å². The van der Waals surface area contributed by atoms with Crippen molar-refractivity contribution in [1.29, 1.82) is 0 Å². The van der Waals surface area contributed by atoms with E-state index in [4.69, 9.17) is 0 Å². The Labute approximate surface area is 67.4 Å². The molecule has 0 aromatic carbocycles. The van der Waals surface area contributed by atoms with Crippen molar-refractivity contribution in [3.63, 3.8) is 0 Å². The zero-order chi connectivity index (χ0) is 0. The molecule has 0 saturated heterocycles. The summed E-state index contributed by atoms with van der Waals surface area (Å²) < 4.78 is 0. The number of rotatable bonds is 0. The van der Waals surface area contributed by atoms with Gasteiger partial charge in [0.05, 0.1) is 0 Å². The Morgan fingerprint density at radius 1 is 0.375 bits per heavy atom. The summed E-state index contributed by atoms with van der Waals surface area (Å²) in [6, 6.07) is 0. The topological polar surface area (TPSA) is 189 Å². The van der Waals surface area contributed by atoms with Crippen molar-refractivity contribution in [2.75, 3.05) is 0 Å². The van der Waals surface area contributed by atoms with Crippen LogP contribution in [0.5, 0.6) is 0 Å². The van der Waals surface area contributed by atoms with Crippen molar-refractivity contribution in [2.45, 2.75) is 0 Å². The fraction of sp³-hybridized carbons (Fsp3) is 0. The summed E-state index contributed by atoms with van der Waals surface area (Å²) in [5.74, 6) is 0. The molecule has 0 amide bonds. The van der Waals surface area contributed by atoms with Crippen molar-refractivity contribution in [1.82, 2.24) is 0 Å². The average Bonchev–Trinajstić information content (AvgIpc) is 0. The Balaban J connectivity index is 0. The van der Waals surface area contributed by atoms with E-state index in [9.17, 15) is 0 Å². The summed E-state index contributed by atoms with van der Waals surface area (Å²) >= 11 is 0. The van der Waals surface area contributed by atoms with Gasteiger partial charge in [-0.05, 0) is 0 Å². The van der Waals surface area contributed by atoms with Crippen LogP contribution in [0.2, 0.25) is 0 Å². The first kappa shape index (κ1) is 914. The summed E-state index contributed by atoms with van der Waals surface area (Å²) in [6.45, 7) is 0. The molecule has 0 aromatic rings. The predicted molar refractivity (Wildman–Crippen MR) is 32.0 cm³/mol. The molecule has 0 heterocycles. The second-order valence-electron chi connectivity index (χ2n) is 0. The molecule has 12 N–H and O–H groups in total. The van der Waals surface area contributed by atoms with E-state index < -0.39 is 0 Å². The molecule has 6 nitrogen and oxygen atoms in total. The van der Waals surface area contributed by atoms with Crippen molar-refractivity contribution in [2.24, 2.45) is 0 Å². The fourth-order valence-electron chi connectivity index (χ4n) is 0. The van der Waals surface area contributed by atoms with Crippen LogP contribution < -0.4 is 0 Å². The molecule has 8 heavy (non-hydrogen) atoms. The van der Waals surface area contributed by atoms with E-state index in [2.05, 4.69) is 0 Å². The Morgan fingerprint density at radius 2 is 0.375 bits per heavy atom. The van der Waals surface area contributed by atoms with Gasteiger partial charge in [-0.3, -0.25) is 0 Å². The van der Waals surface area contributed by atoms with Crippen LogP contribution in [0, 0.1) is 0 Å². The van der Waals surface area contributed by atoms with Crippen LogP contribution in [0.15, 0.2) is 0 Å². The maximum Gasteiger partial charge on any atom is 0 e. The standard InChI is InChI=1S/BrH.Mn.6H2O/h1H;;6*1H2. The summed E-state index contributed by atoms with van der Waals surface area (Å²) in [4.78, 5) is 0. The third-order valence-corrected chi connectivity index (χ3v) is 0. The van der Waals surface area contributed by atoms with Gasteiger partial charge < -0.3 is 32.9 Å². The monoisotopic (exact) mass is 243 g/mol. The minimum Gasteiger partial charge on any atom is -0.412 e. The van der Waals surface area contributed by atoms with Gasteiger partial charge >= 0.3 is 0 Å². The van der Waals surface area contributed by atoms with E-state index in [1.54, 1.807) is 0 Å². The Kier molecular flexibility index (Phi) is 70300. The normalized spacial score (nSPS) is 0. The summed E-state index contributed by atoms with van der Waals surface area (Å²) in [7, 11) is 0. The first-order valence-corrected chi connectivity index (χ1v) is 0. The Hall–Kier alpha value is 0.759. The number of halogens is 1. The quantitative estimate of drug-likeness (QED) is 0.372. The van der Waals surface area contributed by atoms with Gasteiger partial charge in [0.25, 0.3) is 0 Å². The van der Waals surface area contributed by atoms with Gasteiger partial charge in [0.2, 0.25) is 0 Å². The molecule has 0 bridgehead atoms. The second kappa shape index (κ2) is 615. The maximum absolute atomic E-state index is 0. The van der Waals surface area contributed by atoms with E-state index in [-0.39, 0.29) is 66.9 Å². The molecule has 0 aliphatic rings. The molecule has 8 heteroatoms. The molecule has 0 fully saturated rings. The largest absolute Gasteiger partial charge is 0.412 e. The van der Waals surface area contributed by atoms with Crippen LogP contribution >= 0.6 is 17.0 Å². The third kappa shape index (κ3) is 389. The molecule has 0 atom stereocenters. The molecular formula is H13BrMnO6. The van der Waals surface area contributed by atoms with E-state index in [1.165, 1.54) is 0 Å². The van der Waals surface area contributed by atoms with E-state index in [0.29, 0.717) is 0 Å². The first-order chi connectivity index (χ1) is 0. The van der Waals surface area contributed by atoms with Crippen LogP contribution in [0.3, 0.4) is 0 Å². The van der Waals surface area contributed by atoms with Gasteiger partial charge in [-0.25, -0.2) is 0 Å². The van der Waals surface area contributed by atoms with E-state index >= 15 is 0 Å². The maximum atomic E-state index is 0. The van der Waals surface area contributed by atoms with E-state index in [1.807, 2.05) is 0 Å². The molecule has 1 radical (unpaired) electrons. The van der Waals surface area contributed by atoms with Gasteiger partial charge in [0.15, 0.2) is 0 Å². The van der Waals surface area contributed by atoms with Gasteiger partial charge in [-0.1, -0.05) is 0 Å². The fourth-order valence-corrected chi connectivity index (χ4v) is 0. The Bertz CT molecular complexity index is 8.49. The van der Waals surface area contributed by atoms with Crippen molar-refractivity contribution < 1.29 is 49.9 Å². The molecule has 63 valence electrons. The summed E-state index contributed by atoms with van der Waals surface area (Å²) in [6.07, 6.45) is 0. The number of hydrogen-bond acceptors (Lipinski definition) is 0. The van der Waals surface area contributed by atoms with Gasteiger partial charge in [-0.15, -0.1) is 17.0 Å². The molecule has 0 rings (SSSR count). The zero-order valence-corrected chi connectivity index (χ0v) is 6.68. The van der Waals surface area contributed by atoms with Gasteiger partial charge in [-0.2, -0.15) is 0 Å². The Morgan fingerprint density at radius 3 is 0.375 bits per heavy atom. The third-order valence-electron chi connectivity index (χ3n) is 0. The van der Waals surface area contributed by atoms with Crippen LogP contribution in [-0.4, -0.2) is 32.9 Å². The zero-order valence-electron chi connectivity index (χ0n) is 3.79. The summed E-state index contributed by atoms with van der Waals surface area (Å²) in [5.41, 5.74) is 0. The van der Waals surface area contributed by atoms with Gasteiger partial charge in [0, 0.05) is 17.1 Å². The first-order valence-electron chi connectivity index (χ1n) is 0. The molecule has 0 unspecified atom stereocenters. The van der Waals surface area contributed by atoms with E-state index in [0.717, 1.165) is 0 Å². The average molecular weight is 244 g/mol. The predicted octanol–water partition coefficient (Wildman–Crippen LogP) is -4.37. The van der Waals surface area contributed by atoms with Crippen LogP contribution in [0.25, 0.3) is 0 Å². The summed E-state index contributed by atoms with van der Waals surface area (Å²) in [5, 5.41) is 0. The minimum absolute atomic E-state index is 0. The smallest absolute Gasteiger partial charge is 0 e. The molecule has 0 saturated carbocycles.